The molecule has 0 radical (unpaired) electrons. The Kier molecular flexibility index (Phi) is 5.14. The summed E-state index contributed by atoms with van der Waals surface area (Å²) in [5.74, 6) is -0.151. The number of ether oxygens (including phenoxy) is 1. The maximum absolute atomic E-state index is 12.2. The SMILES string of the molecule is CCOc1c(N)cccc1C(=O)NC(C)(CO)CO. The van der Waals surface area contributed by atoms with E-state index in [2.05, 4.69) is 5.32 Å². The third-order valence-corrected chi connectivity index (χ3v) is 2.69. The first kappa shape index (κ1) is 15.3. The summed E-state index contributed by atoms with van der Waals surface area (Å²) in [6, 6.07) is 4.85. The summed E-state index contributed by atoms with van der Waals surface area (Å²) >= 11 is 0. The van der Waals surface area contributed by atoms with Gasteiger partial charge in [-0.2, -0.15) is 0 Å². The van der Waals surface area contributed by atoms with Crippen molar-refractivity contribution in [1.29, 1.82) is 0 Å². The highest BCUT2D eigenvalue weighted by Crippen LogP contribution is 2.26. The van der Waals surface area contributed by atoms with Crippen LogP contribution in [-0.2, 0) is 0 Å². The number of rotatable bonds is 6. The minimum atomic E-state index is -1.09. The van der Waals surface area contributed by atoms with Gasteiger partial charge in [0, 0.05) is 0 Å². The van der Waals surface area contributed by atoms with Gasteiger partial charge >= 0.3 is 0 Å². The monoisotopic (exact) mass is 268 g/mol. The Morgan fingerprint density at radius 1 is 1.42 bits per heavy atom. The van der Waals surface area contributed by atoms with Gasteiger partial charge in [-0.3, -0.25) is 4.79 Å². The number of anilines is 1. The van der Waals surface area contributed by atoms with Gasteiger partial charge in [0.1, 0.15) is 0 Å². The third-order valence-electron chi connectivity index (χ3n) is 2.69. The summed E-state index contributed by atoms with van der Waals surface area (Å²) in [7, 11) is 0. The fraction of sp³-hybridized carbons (Fsp3) is 0.462. The molecule has 106 valence electrons. The summed E-state index contributed by atoms with van der Waals surface area (Å²) in [5, 5.41) is 20.9. The number of hydrogen-bond acceptors (Lipinski definition) is 5. The predicted octanol–water partition coefficient (Wildman–Crippen LogP) is 0.141. The van der Waals surface area contributed by atoms with Gasteiger partial charge in [-0.05, 0) is 26.0 Å². The zero-order chi connectivity index (χ0) is 14.5. The van der Waals surface area contributed by atoms with E-state index in [1.165, 1.54) is 6.92 Å². The molecule has 0 saturated carbocycles. The van der Waals surface area contributed by atoms with E-state index in [9.17, 15) is 15.0 Å². The summed E-state index contributed by atoms with van der Waals surface area (Å²) < 4.78 is 5.36. The standard InChI is InChI=1S/C13H20N2O4/c1-3-19-11-9(5-4-6-10(11)14)12(18)15-13(2,7-16)8-17/h4-6,16-17H,3,7-8,14H2,1-2H3,(H,15,18). The topological polar surface area (TPSA) is 105 Å². The average molecular weight is 268 g/mol. The van der Waals surface area contributed by atoms with Gasteiger partial charge in [-0.15, -0.1) is 0 Å². The molecule has 0 aliphatic heterocycles. The molecule has 6 heteroatoms. The van der Waals surface area contributed by atoms with E-state index in [1.54, 1.807) is 25.1 Å². The Morgan fingerprint density at radius 2 is 2.05 bits per heavy atom. The summed E-state index contributed by atoms with van der Waals surface area (Å²) in [4.78, 5) is 12.2. The number of nitrogens with one attached hydrogen (secondary N) is 1. The van der Waals surface area contributed by atoms with Crippen molar-refractivity contribution in [1.82, 2.24) is 5.32 Å². The fourth-order valence-corrected chi connectivity index (χ4v) is 1.51. The number of benzene rings is 1. The molecule has 6 nitrogen and oxygen atoms in total. The molecular formula is C13H20N2O4. The molecule has 1 aromatic carbocycles. The number of hydrogen-bond donors (Lipinski definition) is 4. The van der Waals surface area contributed by atoms with Crippen molar-refractivity contribution in [3.05, 3.63) is 23.8 Å². The largest absolute Gasteiger partial charge is 0.491 e. The Hall–Kier alpha value is -1.79. The molecule has 0 aromatic heterocycles. The van der Waals surface area contributed by atoms with Crippen LogP contribution in [0.15, 0.2) is 18.2 Å². The molecule has 1 aromatic rings. The van der Waals surface area contributed by atoms with Gasteiger partial charge in [-0.1, -0.05) is 6.07 Å². The van der Waals surface area contributed by atoms with Crippen molar-refractivity contribution < 1.29 is 19.7 Å². The Balaban J connectivity index is 3.03. The molecule has 0 unspecified atom stereocenters. The fourth-order valence-electron chi connectivity index (χ4n) is 1.51. The lowest BCUT2D eigenvalue weighted by Crippen LogP contribution is -2.51. The van der Waals surface area contributed by atoms with E-state index < -0.39 is 11.4 Å². The summed E-state index contributed by atoms with van der Waals surface area (Å²) in [6.45, 7) is 2.96. The minimum Gasteiger partial charge on any atom is -0.491 e. The molecule has 0 heterocycles. The molecule has 0 saturated heterocycles. The minimum absolute atomic E-state index is 0.273. The molecule has 0 spiro atoms. The molecule has 0 atom stereocenters. The maximum atomic E-state index is 12.2. The summed E-state index contributed by atoms with van der Waals surface area (Å²) in [5.41, 5.74) is 5.32. The van der Waals surface area contributed by atoms with Crippen molar-refractivity contribution in [2.24, 2.45) is 0 Å². The van der Waals surface area contributed by atoms with Crippen LogP contribution in [-0.4, -0.2) is 41.5 Å². The predicted molar refractivity (Wildman–Crippen MR) is 72.1 cm³/mol. The lowest BCUT2D eigenvalue weighted by Gasteiger charge is -2.26. The number of aliphatic hydroxyl groups excluding tert-OH is 2. The van der Waals surface area contributed by atoms with Crippen molar-refractivity contribution in [2.75, 3.05) is 25.6 Å². The van der Waals surface area contributed by atoms with Gasteiger partial charge in [0.15, 0.2) is 5.75 Å². The average Bonchev–Trinajstić information content (AvgIpc) is 2.41. The highest BCUT2D eigenvalue weighted by molar-refractivity contribution is 5.99. The Morgan fingerprint density at radius 3 is 2.58 bits per heavy atom. The first-order chi connectivity index (χ1) is 8.97. The van der Waals surface area contributed by atoms with E-state index in [0.717, 1.165) is 0 Å². The smallest absolute Gasteiger partial charge is 0.255 e. The van der Waals surface area contributed by atoms with Crippen LogP contribution in [0.5, 0.6) is 5.75 Å². The van der Waals surface area contributed by atoms with Crippen LogP contribution >= 0.6 is 0 Å². The molecule has 19 heavy (non-hydrogen) atoms. The van der Waals surface area contributed by atoms with Crippen LogP contribution in [0.3, 0.4) is 0 Å². The number of para-hydroxylation sites is 1. The Bertz CT molecular complexity index is 444. The van der Waals surface area contributed by atoms with Gasteiger partial charge in [0.05, 0.1) is 36.6 Å². The molecule has 0 fully saturated rings. The quantitative estimate of drug-likeness (QED) is 0.549. The molecule has 1 rings (SSSR count). The Labute approximate surface area is 112 Å². The zero-order valence-corrected chi connectivity index (χ0v) is 11.1. The van der Waals surface area contributed by atoms with Crippen LogP contribution in [0.1, 0.15) is 24.2 Å². The second-order valence-electron chi connectivity index (χ2n) is 4.49. The van der Waals surface area contributed by atoms with Crippen LogP contribution < -0.4 is 15.8 Å². The first-order valence-corrected chi connectivity index (χ1v) is 6.03. The molecular weight excluding hydrogens is 248 g/mol. The number of nitrogen functional groups attached to an aromatic ring is 1. The van der Waals surface area contributed by atoms with Crippen molar-refractivity contribution in [2.45, 2.75) is 19.4 Å². The van der Waals surface area contributed by atoms with Crippen LogP contribution in [0.25, 0.3) is 0 Å². The van der Waals surface area contributed by atoms with Gasteiger partial charge < -0.3 is 26.0 Å². The number of carbonyl (C=O) groups is 1. The van der Waals surface area contributed by atoms with Crippen LogP contribution in [0.4, 0.5) is 5.69 Å². The van der Waals surface area contributed by atoms with Gasteiger partial charge in [0.25, 0.3) is 5.91 Å². The van der Waals surface area contributed by atoms with Crippen molar-refractivity contribution in [3.8, 4) is 5.75 Å². The van der Waals surface area contributed by atoms with Crippen molar-refractivity contribution in [3.63, 3.8) is 0 Å². The van der Waals surface area contributed by atoms with Crippen LogP contribution in [0.2, 0.25) is 0 Å². The molecule has 1 amide bonds. The molecule has 0 bridgehead atoms. The number of nitrogens with two attached hydrogens (primary N) is 1. The lowest BCUT2D eigenvalue weighted by molar-refractivity contribution is 0.0721. The number of amides is 1. The summed E-state index contributed by atoms with van der Waals surface area (Å²) in [6.07, 6.45) is 0. The third kappa shape index (κ3) is 3.59. The first-order valence-electron chi connectivity index (χ1n) is 6.03. The van der Waals surface area contributed by atoms with E-state index >= 15 is 0 Å². The molecule has 0 aliphatic rings. The van der Waals surface area contributed by atoms with Gasteiger partial charge in [-0.25, -0.2) is 0 Å². The van der Waals surface area contributed by atoms with Gasteiger partial charge in [0.2, 0.25) is 0 Å². The molecule has 5 N–H and O–H groups in total. The van der Waals surface area contributed by atoms with Crippen molar-refractivity contribution >= 4 is 11.6 Å². The second-order valence-corrected chi connectivity index (χ2v) is 4.49. The lowest BCUT2D eigenvalue weighted by atomic mass is 10.0. The highest BCUT2D eigenvalue weighted by atomic mass is 16.5. The second kappa shape index (κ2) is 6.40. The number of carbonyl (C=O) groups excluding carboxylic acids is 1. The normalized spacial score (nSPS) is 11.2. The zero-order valence-electron chi connectivity index (χ0n) is 11.1. The van der Waals surface area contributed by atoms with Crippen LogP contribution in [0, 0.1) is 0 Å². The number of aliphatic hydroxyl groups is 2. The molecule has 0 aliphatic carbocycles. The van der Waals surface area contributed by atoms with E-state index in [0.29, 0.717) is 18.0 Å². The van der Waals surface area contributed by atoms with E-state index in [1.807, 2.05) is 0 Å². The highest BCUT2D eigenvalue weighted by Gasteiger charge is 2.26. The van der Waals surface area contributed by atoms with E-state index in [-0.39, 0.29) is 18.8 Å². The maximum Gasteiger partial charge on any atom is 0.255 e. The van der Waals surface area contributed by atoms with E-state index in [4.69, 9.17) is 10.5 Å².